The van der Waals surface area contributed by atoms with Crippen LogP contribution in [0.25, 0.3) is 21.1 Å². The first-order chi connectivity index (χ1) is 15.0. The van der Waals surface area contributed by atoms with Crippen molar-refractivity contribution in [3.05, 3.63) is 35.1 Å². The lowest BCUT2D eigenvalue weighted by atomic mass is 9.87. The Morgan fingerprint density at radius 2 is 2.19 bits per heavy atom. The fraction of sp³-hybridized carbons (Fsp3) is 0.364. The quantitative estimate of drug-likeness (QED) is 0.438. The highest BCUT2D eigenvalue weighted by Crippen LogP contribution is 2.41. The number of methoxy groups -OCH3 is 1. The molecule has 31 heavy (non-hydrogen) atoms. The molecule has 1 amide bonds. The fourth-order valence-corrected chi connectivity index (χ4v) is 5.46. The SMILES string of the molecule is COc1cc2[nH]ncc2cc1Nc1ncnc2sc3c(c12)CCC(C(=O)NC(C)C)C3. The number of carbonyl (C=O) groups excluding carboxylic acids is 1. The summed E-state index contributed by atoms with van der Waals surface area (Å²) in [6.45, 7) is 3.99. The van der Waals surface area contributed by atoms with Gasteiger partial charge in [-0.3, -0.25) is 9.89 Å². The Kier molecular flexibility index (Phi) is 4.97. The van der Waals surface area contributed by atoms with Crippen molar-refractivity contribution in [1.82, 2.24) is 25.5 Å². The molecule has 8 nitrogen and oxygen atoms in total. The molecule has 4 aromatic rings. The minimum absolute atomic E-state index is 0.0101. The fourth-order valence-electron chi connectivity index (χ4n) is 4.20. The number of hydrogen-bond acceptors (Lipinski definition) is 7. The van der Waals surface area contributed by atoms with E-state index in [2.05, 4.69) is 30.8 Å². The van der Waals surface area contributed by atoms with Crippen LogP contribution in [0.15, 0.2) is 24.7 Å². The first-order valence-corrected chi connectivity index (χ1v) is 11.2. The number of nitrogens with zero attached hydrogens (tertiary/aromatic N) is 3. The lowest BCUT2D eigenvalue weighted by molar-refractivity contribution is -0.125. The summed E-state index contributed by atoms with van der Waals surface area (Å²) >= 11 is 1.66. The first kappa shape index (κ1) is 19.7. The number of hydrogen-bond donors (Lipinski definition) is 3. The van der Waals surface area contributed by atoms with E-state index in [9.17, 15) is 4.79 Å². The summed E-state index contributed by atoms with van der Waals surface area (Å²) in [5.74, 6) is 1.61. The van der Waals surface area contributed by atoms with Crippen molar-refractivity contribution in [3.8, 4) is 5.75 Å². The molecule has 3 aromatic heterocycles. The normalized spacial score (nSPS) is 15.9. The Morgan fingerprint density at radius 3 is 3.00 bits per heavy atom. The van der Waals surface area contributed by atoms with Gasteiger partial charge in [0.1, 0.15) is 22.7 Å². The van der Waals surface area contributed by atoms with Gasteiger partial charge in [0.15, 0.2) is 0 Å². The minimum Gasteiger partial charge on any atom is -0.494 e. The molecule has 0 saturated heterocycles. The molecular formula is C22H24N6O2S. The van der Waals surface area contributed by atoms with Crippen molar-refractivity contribution in [2.24, 2.45) is 5.92 Å². The highest BCUT2D eigenvalue weighted by molar-refractivity contribution is 7.19. The number of H-pyrrole nitrogens is 1. The van der Waals surface area contributed by atoms with Gasteiger partial charge in [-0.15, -0.1) is 11.3 Å². The molecule has 0 radical (unpaired) electrons. The number of aryl methyl sites for hydroxylation is 1. The zero-order valence-electron chi connectivity index (χ0n) is 17.7. The average Bonchev–Trinajstić information content (AvgIpc) is 3.36. The van der Waals surface area contributed by atoms with Gasteiger partial charge in [-0.1, -0.05) is 0 Å². The molecule has 0 saturated carbocycles. The third-order valence-electron chi connectivity index (χ3n) is 5.66. The number of anilines is 2. The lowest BCUT2D eigenvalue weighted by Crippen LogP contribution is -2.37. The Bertz CT molecular complexity index is 1280. The van der Waals surface area contributed by atoms with E-state index in [1.807, 2.05) is 26.0 Å². The molecule has 0 spiro atoms. The second-order valence-electron chi connectivity index (χ2n) is 8.14. The molecule has 0 bridgehead atoms. The summed E-state index contributed by atoms with van der Waals surface area (Å²) < 4.78 is 5.58. The molecule has 3 heterocycles. The van der Waals surface area contributed by atoms with Crippen molar-refractivity contribution in [1.29, 1.82) is 0 Å². The van der Waals surface area contributed by atoms with Crippen molar-refractivity contribution in [2.45, 2.75) is 39.2 Å². The van der Waals surface area contributed by atoms with Gasteiger partial charge in [0.2, 0.25) is 5.91 Å². The van der Waals surface area contributed by atoms with Crippen LogP contribution < -0.4 is 15.4 Å². The van der Waals surface area contributed by atoms with Crippen LogP contribution >= 0.6 is 11.3 Å². The second-order valence-corrected chi connectivity index (χ2v) is 9.23. The summed E-state index contributed by atoms with van der Waals surface area (Å²) in [5, 5.41) is 15.6. The number of thiophene rings is 1. The van der Waals surface area contributed by atoms with E-state index in [4.69, 9.17) is 4.74 Å². The Hall–Kier alpha value is -3.20. The molecular weight excluding hydrogens is 412 g/mol. The van der Waals surface area contributed by atoms with E-state index >= 15 is 0 Å². The molecule has 160 valence electrons. The summed E-state index contributed by atoms with van der Waals surface area (Å²) in [6.07, 6.45) is 5.78. The van der Waals surface area contributed by atoms with Crippen molar-refractivity contribution in [2.75, 3.05) is 12.4 Å². The molecule has 3 N–H and O–H groups in total. The van der Waals surface area contributed by atoms with Crippen LogP contribution in [0.4, 0.5) is 11.5 Å². The predicted octanol–water partition coefficient (Wildman–Crippen LogP) is 3.95. The topological polar surface area (TPSA) is 105 Å². The third kappa shape index (κ3) is 3.59. The second kappa shape index (κ2) is 7.81. The van der Waals surface area contributed by atoms with E-state index in [0.29, 0.717) is 5.75 Å². The van der Waals surface area contributed by atoms with Crippen LogP contribution in [-0.2, 0) is 17.6 Å². The van der Waals surface area contributed by atoms with Gasteiger partial charge in [-0.05, 0) is 44.7 Å². The molecule has 1 atom stereocenters. The molecule has 5 rings (SSSR count). The van der Waals surface area contributed by atoms with Gasteiger partial charge in [-0.2, -0.15) is 5.10 Å². The number of nitrogens with one attached hydrogen (secondary N) is 3. The number of benzene rings is 1. The van der Waals surface area contributed by atoms with E-state index in [-0.39, 0.29) is 17.9 Å². The molecule has 9 heteroatoms. The van der Waals surface area contributed by atoms with Gasteiger partial charge in [0, 0.05) is 28.3 Å². The van der Waals surface area contributed by atoms with Crippen LogP contribution in [0.1, 0.15) is 30.7 Å². The standard InChI is InChI=1S/C22H24N6O2S/c1-11(2)26-21(29)12-4-5-14-18(7-12)31-22-19(14)20(23-10-24-22)27-16-6-13-9-25-28-15(13)8-17(16)30-3/h6,8-12H,4-5,7H2,1-3H3,(H,25,28)(H,26,29)(H,23,24,27). The summed E-state index contributed by atoms with van der Waals surface area (Å²) in [4.78, 5) is 23.8. The number of ether oxygens (including phenoxy) is 1. The summed E-state index contributed by atoms with van der Waals surface area (Å²) in [6, 6.07) is 4.07. The minimum atomic E-state index is 0.0101. The van der Waals surface area contributed by atoms with Gasteiger partial charge in [-0.25, -0.2) is 9.97 Å². The van der Waals surface area contributed by atoms with Crippen LogP contribution in [0.5, 0.6) is 5.75 Å². The number of aromatic amines is 1. The Labute approximate surface area is 183 Å². The summed E-state index contributed by atoms with van der Waals surface area (Å²) in [7, 11) is 1.65. The van der Waals surface area contributed by atoms with Gasteiger partial charge in [0.05, 0.1) is 29.9 Å². The largest absolute Gasteiger partial charge is 0.494 e. The summed E-state index contributed by atoms with van der Waals surface area (Å²) in [5.41, 5.74) is 2.98. The maximum Gasteiger partial charge on any atom is 0.223 e. The first-order valence-electron chi connectivity index (χ1n) is 10.4. The monoisotopic (exact) mass is 436 g/mol. The van der Waals surface area contributed by atoms with Gasteiger partial charge in [0.25, 0.3) is 0 Å². The Morgan fingerprint density at radius 1 is 1.32 bits per heavy atom. The predicted molar refractivity (Wildman–Crippen MR) is 122 cm³/mol. The molecule has 0 aliphatic heterocycles. The van der Waals surface area contributed by atoms with Crippen LogP contribution in [0, 0.1) is 5.92 Å². The van der Waals surface area contributed by atoms with Gasteiger partial charge >= 0.3 is 0 Å². The van der Waals surface area contributed by atoms with E-state index < -0.39 is 0 Å². The Balaban J connectivity index is 1.51. The van der Waals surface area contributed by atoms with E-state index in [0.717, 1.165) is 51.9 Å². The van der Waals surface area contributed by atoms with Crippen LogP contribution in [0.2, 0.25) is 0 Å². The molecule has 1 aliphatic carbocycles. The van der Waals surface area contributed by atoms with E-state index in [1.54, 1.807) is 31.0 Å². The third-order valence-corrected chi connectivity index (χ3v) is 6.82. The lowest BCUT2D eigenvalue weighted by Gasteiger charge is -2.23. The van der Waals surface area contributed by atoms with Crippen molar-refractivity contribution in [3.63, 3.8) is 0 Å². The maximum atomic E-state index is 12.5. The van der Waals surface area contributed by atoms with Crippen molar-refractivity contribution < 1.29 is 9.53 Å². The highest BCUT2D eigenvalue weighted by atomic mass is 32.1. The highest BCUT2D eigenvalue weighted by Gasteiger charge is 2.29. The zero-order chi connectivity index (χ0) is 21.5. The number of rotatable bonds is 5. The number of fused-ring (bicyclic) bond motifs is 4. The molecule has 1 aliphatic rings. The van der Waals surface area contributed by atoms with Crippen molar-refractivity contribution >= 4 is 49.9 Å². The van der Waals surface area contributed by atoms with Crippen LogP contribution in [-0.4, -0.2) is 39.2 Å². The number of aromatic nitrogens is 4. The zero-order valence-corrected chi connectivity index (χ0v) is 18.5. The number of carbonyl (C=O) groups is 1. The maximum absolute atomic E-state index is 12.5. The van der Waals surface area contributed by atoms with Crippen LogP contribution in [0.3, 0.4) is 0 Å². The number of amides is 1. The average molecular weight is 437 g/mol. The van der Waals surface area contributed by atoms with E-state index in [1.165, 1.54) is 10.4 Å². The molecule has 1 unspecified atom stereocenters. The molecule has 0 fully saturated rings. The molecule has 1 aromatic carbocycles. The smallest absolute Gasteiger partial charge is 0.223 e. The van der Waals surface area contributed by atoms with Gasteiger partial charge < -0.3 is 15.4 Å².